The van der Waals surface area contributed by atoms with Crippen LogP contribution in [0.1, 0.15) is 42.5 Å². The predicted octanol–water partition coefficient (Wildman–Crippen LogP) is 3.17. The molecule has 0 aliphatic rings. The fourth-order valence-corrected chi connectivity index (χ4v) is 3.10. The Morgan fingerprint density at radius 1 is 1.17 bits per heavy atom. The van der Waals surface area contributed by atoms with E-state index in [0.717, 1.165) is 22.9 Å². The molecule has 0 radical (unpaired) electrons. The number of hydrogen-bond donors (Lipinski definition) is 0. The summed E-state index contributed by atoms with van der Waals surface area (Å²) in [6.07, 6.45) is 1.61. The molecule has 0 bridgehead atoms. The normalized spacial score (nSPS) is 11.5. The topological polar surface area (TPSA) is 51.0 Å². The number of carbonyl (C=O) groups is 1. The molecule has 1 aromatic heterocycles. The number of aromatic nitrogens is 3. The molecule has 0 N–H and O–H groups in total. The van der Waals surface area contributed by atoms with E-state index >= 15 is 0 Å². The van der Waals surface area contributed by atoms with Crippen LogP contribution in [0.5, 0.6) is 0 Å². The van der Waals surface area contributed by atoms with Crippen LogP contribution in [0.3, 0.4) is 0 Å². The third-order valence-corrected chi connectivity index (χ3v) is 4.36. The number of rotatable bonds is 5. The molecule has 0 atom stereocenters. The maximum Gasteiger partial charge on any atom is 0.253 e. The van der Waals surface area contributed by atoms with E-state index in [1.165, 1.54) is 5.56 Å². The zero-order valence-electron chi connectivity index (χ0n) is 14.4. The number of hydrogen-bond acceptors (Lipinski definition) is 4. The lowest BCUT2D eigenvalue weighted by atomic mass is 10.1. The molecular formula is C17H24N4OS. The van der Waals surface area contributed by atoms with Gasteiger partial charge >= 0.3 is 0 Å². The Bertz CT molecular complexity index is 656. The third-order valence-electron chi connectivity index (χ3n) is 3.36. The number of carbonyl (C=O) groups excluding carboxylic acids is 1. The minimum Gasteiger partial charge on any atom is -0.345 e. The molecule has 0 spiro atoms. The average Bonchev–Trinajstić information content (AvgIpc) is 2.96. The van der Waals surface area contributed by atoms with Crippen LogP contribution in [0.15, 0.2) is 30.6 Å². The molecule has 0 aliphatic carbocycles. The summed E-state index contributed by atoms with van der Waals surface area (Å²) in [5.41, 5.74) is 1.86. The Balaban J connectivity index is 1.92. The van der Waals surface area contributed by atoms with E-state index in [2.05, 4.69) is 30.9 Å². The minimum absolute atomic E-state index is 0.0301. The molecule has 2 rings (SSSR count). The van der Waals surface area contributed by atoms with Gasteiger partial charge in [0, 0.05) is 25.4 Å². The zero-order chi connectivity index (χ0) is 17.0. The molecule has 5 nitrogen and oxygen atoms in total. The van der Waals surface area contributed by atoms with Crippen molar-refractivity contribution < 1.29 is 4.79 Å². The summed E-state index contributed by atoms with van der Waals surface area (Å²) in [7, 11) is 3.52. The standard InChI is InChI=1S/C17H24N4OS/c1-17(2,3)21-15(18-12-19-21)11-23-10-13-6-8-14(9-7-13)16(22)20(4)5/h6-9,12H,10-11H2,1-5H3. The molecule has 0 saturated heterocycles. The Kier molecular flexibility index (Phi) is 5.46. The van der Waals surface area contributed by atoms with E-state index in [4.69, 9.17) is 0 Å². The van der Waals surface area contributed by atoms with Crippen molar-refractivity contribution in [1.29, 1.82) is 0 Å². The average molecular weight is 332 g/mol. The van der Waals surface area contributed by atoms with Crippen LogP contribution in [0.2, 0.25) is 0 Å². The first-order valence-electron chi connectivity index (χ1n) is 7.57. The fraction of sp³-hybridized carbons (Fsp3) is 0.471. The maximum atomic E-state index is 11.9. The highest BCUT2D eigenvalue weighted by Gasteiger charge is 2.18. The van der Waals surface area contributed by atoms with Gasteiger partial charge in [0.25, 0.3) is 5.91 Å². The van der Waals surface area contributed by atoms with Crippen LogP contribution in [0.4, 0.5) is 0 Å². The van der Waals surface area contributed by atoms with Gasteiger partial charge < -0.3 is 4.90 Å². The van der Waals surface area contributed by atoms with E-state index in [9.17, 15) is 4.79 Å². The lowest BCUT2D eigenvalue weighted by Gasteiger charge is -2.21. The van der Waals surface area contributed by atoms with Gasteiger partial charge in [-0.15, -0.1) is 11.8 Å². The Labute approximate surface area is 142 Å². The summed E-state index contributed by atoms with van der Waals surface area (Å²) in [5, 5.41) is 4.31. The molecule has 23 heavy (non-hydrogen) atoms. The van der Waals surface area contributed by atoms with Gasteiger partial charge in [-0.1, -0.05) is 12.1 Å². The van der Waals surface area contributed by atoms with Crippen LogP contribution >= 0.6 is 11.8 Å². The van der Waals surface area contributed by atoms with E-state index < -0.39 is 0 Å². The largest absolute Gasteiger partial charge is 0.345 e. The molecule has 0 aliphatic heterocycles. The van der Waals surface area contributed by atoms with Crippen LogP contribution in [-0.2, 0) is 17.0 Å². The molecule has 2 aromatic rings. The third kappa shape index (κ3) is 4.58. The van der Waals surface area contributed by atoms with Crippen molar-refractivity contribution in [2.75, 3.05) is 14.1 Å². The quantitative estimate of drug-likeness (QED) is 0.844. The molecule has 0 fully saturated rings. The van der Waals surface area contributed by atoms with E-state index in [1.54, 1.807) is 37.1 Å². The van der Waals surface area contributed by atoms with Gasteiger partial charge in [0.1, 0.15) is 12.2 Å². The van der Waals surface area contributed by atoms with Gasteiger partial charge in [0.05, 0.1) is 11.3 Å². The zero-order valence-corrected chi connectivity index (χ0v) is 15.2. The van der Waals surface area contributed by atoms with Crippen molar-refractivity contribution in [3.05, 3.63) is 47.5 Å². The maximum absolute atomic E-state index is 11.9. The van der Waals surface area contributed by atoms with Crippen LogP contribution in [0, 0.1) is 0 Å². The summed E-state index contributed by atoms with van der Waals surface area (Å²) in [6, 6.07) is 7.79. The highest BCUT2D eigenvalue weighted by Crippen LogP contribution is 2.21. The lowest BCUT2D eigenvalue weighted by molar-refractivity contribution is 0.0827. The summed E-state index contributed by atoms with van der Waals surface area (Å²) in [4.78, 5) is 17.8. The molecule has 0 unspecified atom stereocenters. The summed E-state index contributed by atoms with van der Waals surface area (Å²) < 4.78 is 1.97. The second-order valence-corrected chi connectivity index (χ2v) is 7.63. The number of nitrogens with zero attached hydrogens (tertiary/aromatic N) is 4. The van der Waals surface area contributed by atoms with Crippen LogP contribution < -0.4 is 0 Å². The molecule has 6 heteroatoms. The number of benzene rings is 1. The van der Waals surface area contributed by atoms with Crippen molar-refractivity contribution in [2.45, 2.75) is 37.8 Å². The monoisotopic (exact) mass is 332 g/mol. The van der Waals surface area contributed by atoms with Crippen LogP contribution in [0.25, 0.3) is 0 Å². The summed E-state index contributed by atoms with van der Waals surface area (Å²) in [6.45, 7) is 6.36. The van der Waals surface area contributed by atoms with Gasteiger partial charge in [-0.3, -0.25) is 4.79 Å². The Morgan fingerprint density at radius 3 is 2.39 bits per heavy atom. The number of thioether (sulfide) groups is 1. The van der Waals surface area contributed by atoms with E-state index in [1.807, 2.05) is 28.9 Å². The molecule has 124 valence electrons. The smallest absolute Gasteiger partial charge is 0.253 e. The summed E-state index contributed by atoms with van der Waals surface area (Å²) in [5.74, 6) is 2.72. The van der Waals surface area contributed by atoms with Gasteiger partial charge in [0.2, 0.25) is 0 Å². The van der Waals surface area contributed by atoms with Crippen molar-refractivity contribution in [3.8, 4) is 0 Å². The highest BCUT2D eigenvalue weighted by molar-refractivity contribution is 7.97. The molecular weight excluding hydrogens is 308 g/mol. The van der Waals surface area contributed by atoms with Gasteiger partial charge in [-0.05, 0) is 38.5 Å². The second-order valence-electron chi connectivity index (χ2n) is 6.65. The van der Waals surface area contributed by atoms with Crippen molar-refractivity contribution in [1.82, 2.24) is 19.7 Å². The first kappa shape index (κ1) is 17.5. The first-order chi connectivity index (χ1) is 10.8. The summed E-state index contributed by atoms with van der Waals surface area (Å²) >= 11 is 1.80. The van der Waals surface area contributed by atoms with Crippen LogP contribution in [-0.4, -0.2) is 39.7 Å². The lowest BCUT2D eigenvalue weighted by Crippen LogP contribution is -2.25. The molecule has 1 aromatic carbocycles. The number of amides is 1. The van der Waals surface area contributed by atoms with Gasteiger partial charge in [0.15, 0.2) is 0 Å². The predicted molar refractivity (Wildman–Crippen MR) is 94.5 cm³/mol. The SMILES string of the molecule is CN(C)C(=O)c1ccc(CSCc2ncnn2C(C)(C)C)cc1. The van der Waals surface area contributed by atoms with Crippen molar-refractivity contribution in [3.63, 3.8) is 0 Å². The first-order valence-corrected chi connectivity index (χ1v) is 8.72. The second kappa shape index (κ2) is 7.17. The van der Waals surface area contributed by atoms with Gasteiger partial charge in [-0.25, -0.2) is 9.67 Å². The van der Waals surface area contributed by atoms with Crippen molar-refractivity contribution >= 4 is 17.7 Å². The Hall–Kier alpha value is -1.82. The fourth-order valence-electron chi connectivity index (χ4n) is 2.19. The molecule has 1 amide bonds. The van der Waals surface area contributed by atoms with E-state index in [-0.39, 0.29) is 11.4 Å². The molecule has 1 heterocycles. The van der Waals surface area contributed by atoms with Crippen molar-refractivity contribution in [2.24, 2.45) is 0 Å². The van der Waals surface area contributed by atoms with E-state index in [0.29, 0.717) is 0 Å². The Morgan fingerprint density at radius 2 is 1.83 bits per heavy atom. The van der Waals surface area contributed by atoms with Gasteiger partial charge in [-0.2, -0.15) is 5.10 Å². The molecule has 0 saturated carbocycles. The highest BCUT2D eigenvalue weighted by atomic mass is 32.2. The minimum atomic E-state index is -0.0550.